The zero-order valence-electron chi connectivity index (χ0n) is 10.1. The normalized spacial score (nSPS) is 15.1. The summed E-state index contributed by atoms with van der Waals surface area (Å²) in [6, 6.07) is 0. The monoisotopic (exact) mass is 402 g/mol. The van der Waals surface area contributed by atoms with Crippen molar-refractivity contribution in [2.75, 3.05) is 0 Å². The Bertz CT molecular complexity index is 315. The van der Waals surface area contributed by atoms with Gasteiger partial charge in [-0.1, -0.05) is 94.9 Å². The maximum atomic E-state index is 11.6. The van der Waals surface area contributed by atoms with Crippen LogP contribution in [0.2, 0.25) is 0 Å². The van der Waals surface area contributed by atoms with Gasteiger partial charge in [0.1, 0.15) is 12.2 Å². The van der Waals surface area contributed by atoms with Gasteiger partial charge in [-0.3, -0.25) is 0 Å². The van der Waals surface area contributed by atoms with Crippen molar-refractivity contribution in [2.45, 2.75) is 32.6 Å². The molecule has 0 heterocycles. The molecule has 0 radical (unpaired) electrons. The molecule has 0 fully saturated rings. The van der Waals surface area contributed by atoms with E-state index < -0.39 is 25.9 Å². The van der Waals surface area contributed by atoms with E-state index in [9.17, 15) is 4.79 Å². The van der Waals surface area contributed by atoms with Gasteiger partial charge in [-0.05, 0) is 0 Å². The molecule has 116 valence electrons. The number of halogens is 6. The second kappa shape index (κ2) is 8.82. The fourth-order valence-electron chi connectivity index (χ4n) is 1.08. The van der Waals surface area contributed by atoms with Crippen LogP contribution in [0.15, 0.2) is 25.3 Å². The Balaban J connectivity index is 4.44. The number of hydrogen-bond donors (Lipinski definition) is 0. The molecule has 0 rings (SSSR count). The van der Waals surface area contributed by atoms with E-state index >= 15 is 0 Å². The first-order valence-electron chi connectivity index (χ1n) is 5.22. The molecule has 0 aliphatic rings. The van der Waals surface area contributed by atoms with Crippen LogP contribution in [0.1, 0.15) is 12.8 Å². The number of rotatable bonds is 6. The topological polar surface area (TPSA) is 35.5 Å². The Morgan fingerprint density at radius 2 is 1.20 bits per heavy atom. The minimum absolute atomic E-state index is 0.0700. The number of carbonyl (C=O) groups is 1. The summed E-state index contributed by atoms with van der Waals surface area (Å²) in [6.45, 7) is 6.93. The van der Waals surface area contributed by atoms with E-state index in [0.29, 0.717) is 0 Å². The lowest BCUT2D eigenvalue weighted by Gasteiger charge is -2.21. The molecule has 2 atom stereocenters. The third-order valence-electron chi connectivity index (χ3n) is 1.89. The predicted octanol–water partition coefficient (Wildman–Crippen LogP) is 5.77. The molecule has 9 heteroatoms. The van der Waals surface area contributed by atoms with Gasteiger partial charge in [-0.15, -0.1) is 0 Å². The van der Waals surface area contributed by atoms with Gasteiger partial charge in [-0.2, -0.15) is 0 Å². The molecule has 0 saturated carbocycles. The number of ether oxygens (including phenoxy) is 2. The highest BCUT2D eigenvalue weighted by molar-refractivity contribution is 6.68. The summed E-state index contributed by atoms with van der Waals surface area (Å²) in [5.41, 5.74) is 0. The summed E-state index contributed by atoms with van der Waals surface area (Å²) in [6.07, 6.45) is -0.189. The molecular weight excluding hydrogens is 393 g/mol. The molecule has 0 bridgehead atoms. The van der Waals surface area contributed by atoms with Crippen molar-refractivity contribution in [1.82, 2.24) is 0 Å². The quantitative estimate of drug-likeness (QED) is 0.320. The van der Waals surface area contributed by atoms with Crippen LogP contribution in [0.5, 0.6) is 0 Å². The maximum Gasteiger partial charge on any atom is 0.509 e. The first kappa shape index (κ1) is 20.5. The summed E-state index contributed by atoms with van der Waals surface area (Å²) < 4.78 is 6.65. The summed E-state index contributed by atoms with van der Waals surface area (Å²) in [5, 5.41) is 0. The molecular formula is C11H12Cl6O3. The van der Waals surface area contributed by atoms with E-state index in [-0.39, 0.29) is 12.8 Å². The van der Waals surface area contributed by atoms with Gasteiger partial charge in [0.15, 0.2) is 7.59 Å². The lowest BCUT2D eigenvalue weighted by Crippen LogP contribution is -2.26. The van der Waals surface area contributed by atoms with Gasteiger partial charge >= 0.3 is 6.16 Å². The lowest BCUT2D eigenvalue weighted by molar-refractivity contribution is 0.0184. The molecule has 0 saturated heterocycles. The fraction of sp³-hybridized carbons (Fsp3) is 0.545. The van der Waals surface area contributed by atoms with Gasteiger partial charge in [0.2, 0.25) is 0 Å². The van der Waals surface area contributed by atoms with Crippen LogP contribution in [-0.2, 0) is 9.47 Å². The molecule has 0 spiro atoms. The van der Waals surface area contributed by atoms with Crippen molar-refractivity contribution in [3.63, 3.8) is 0 Å². The van der Waals surface area contributed by atoms with E-state index in [1.807, 2.05) is 0 Å². The Labute approximate surface area is 147 Å². The van der Waals surface area contributed by atoms with Crippen LogP contribution in [-0.4, -0.2) is 25.9 Å². The smallest absolute Gasteiger partial charge is 0.427 e. The van der Waals surface area contributed by atoms with Gasteiger partial charge in [0.05, 0.1) is 0 Å². The highest BCUT2D eigenvalue weighted by Crippen LogP contribution is 2.34. The average molecular weight is 405 g/mol. The summed E-state index contributed by atoms with van der Waals surface area (Å²) in [5.74, 6) is 0. The highest BCUT2D eigenvalue weighted by Gasteiger charge is 2.29. The zero-order chi connectivity index (χ0) is 16.0. The van der Waals surface area contributed by atoms with E-state index in [0.717, 1.165) is 0 Å². The molecule has 0 N–H and O–H groups in total. The maximum absolute atomic E-state index is 11.6. The third-order valence-corrected chi connectivity index (χ3v) is 2.81. The van der Waals surface area contributed by atoms with E-state index in [1.165, 1.54) is 12.2 Å². The van der Waals surface area contributed by atoms with Crippen molar-refractivity contribution in [3.8, 4) is 0 Å². The third kappa shape index (κ3) is 11.2. The number of alkyl halides is 6. The molecule has 0 amide bonds. The van der Waals surface area contributed by atoms with Crippen LogP contribution in [0.25, 0.3) is 0 Å². The van der Waals surface area contributed by atoms with Crippen LogP contribution in [0, 0.1) is 0 Å². The van der Waals surface area contributed by atoms with Crippen molar-refractivity contribution >= 4 is 75.8 Å². The second-order valence-corrected chi connectivity index (χ2v) is 8.70. The zero-order valence-corrected chi connectivity index (χ0v) is 14.7. The SMILES string of the molecule is C=CC(CC(Cl)(Cl)Cl)OC(=O)OC(C=C)CC(Cl)(Cl)Cl. The largest absolute Gasteiger partial charge is 0.509 e. The molecule has 20 heavy (non-hydrogen) atoms. The molecule has 2 unspecified atom stereocenters. The number of carbonyl (C=O) groups excluding carboxylic acids is 1. The van der Waals surface area contributed by atoms with Crippen molar-refractivity contribution in [1.29, 1.82) is 0 Å². The van der Waals surface area contributed by atoms with E-state index in [2.05, 4.69) is 13.2 Å². The summed E-state index contributed by atoms with van der Waals surface area (Å²) in [4.78, 5) is 11.6. The van der Waals surface area contributed by atoms with Gasteiger partial charge in [0, 0.05) is 12.8 Å². The molecule has 0 aliphatic heterocycles. The van der Waals surface area contributed by atoms with Crippen LogP contribution >= 0.6 is 69.6 Å². The van der Waals surface area contributed by atoms with E-state index in [4.69, 9.17) is 79.1 Å². The van der Waals surface area contributed by atoms with Gasteiger partial charge < -0.3 is 9.47 Å². The van der Waals surface area contributed by atoms with Crippen molar-refractivity contribution < 1.29 is 14.3 Å². The van der Waals surface area contributed by atoms with Crippen molar-refractivity contribution in [2.24, 2.45) is 0 Å². The molecule has 0 aromatic carbocycles. The minimum atomic E-state index is -1.59. The average Bonchev–Trinajstić information content (AvgIpc) is 2.23. The minimum Gasteiger partial charge on any atom is -0.427 e. The molecule has 0 aromatic rings. The molecule has 3 nitrogen and oxygen atoms in total. The highest BCUT2D eigenvalue weighted by atomic mass is 35.6. The first-order chi connectivity index (χ1) is 8.96. The molecule has 0 aromatic heterocycles. The Morgan fingerprint density at radius 1 is 0.900 bits per heavy atom. The van der Waals surface area contributed by atoms with Gasteiger partial charge in [0.25, 0.3) is 0 Å². The fourth-order valence-corrected chi connectivity index (χ4v) is 1.99. The summed E-state index contributed by atoms with van der Waals surface area (Å²) in [7, 11) is 0. The van der Waals surface area contributed by atoms with E-state index in [1.54, 1.807) is 0 Å². The summed E-state index contributed by atoms with van der Waals surface area (Å²) >= 11 is 33.6. The Morgan fingerprint density at radius 3 is 1.40 bits per heavy atom. The van der Waals surface area contributed by atoms with Crippen LogP contribution in [0.4, 0.5) is 4.79 Å². The Kier molecular flexibility index (Phi) is 9.03. The van der Waals surface area contributed by atoms with Crippen LogP contribution in [0.3, 0.4) is 0 Å². The lowest BCUT2D eigenvalue weighted by atomic mass is 10.2. The van der Waals surface area contributed by atoms with Gasteiger partial charge in [-0.25, -0.2) is 4.79 Å². The molecule has 0 aliphatic carbocycles. The number of hydrogen-bond acceptors (Lipinski definition) is 3. The van der Waals surface area contributed by atoms with Crippen molar-refractivity contribution in [3.05, 3.63) is 25.3 Å². The second-order valence-electron chi connectivity index (χ2n) is 3.67. The Hall–Kier alpha value is 0.490. The first-order valence-corrected chi connectivity index (χ1v) is 7.49. The van der Waals surface area contributed by atoms with Crippen LogP contribution < -0.4 is 0 Å². The standard InChI is InChI=1S/C11H12Cl6O3/c1-3-7(5-10(12,13)14)19-9(18)20-8(4-2)6-11(15,16)17/h3-4,7-8H,1-2,5-6H2. The predicted molar refractivity (Wildman–Crippen MR) is 85.4 cm³/mol.